The van der Waals surface area contributed by atoms with E-state index in [1.165, 1.54) is 0 Å². The Bertz CT molecular complexity index is 375. The summed E-state index contributed by atoms with van der Waals surface area (Å²) < 4.78 is 5.22. The van der Waals surface area contributed by atoms with E-state index in [9.17, 15) is 4.79 Å². The van der Waals surface area contributed by atoms with Gasteiger partial charge in [0.15, 0.2) is 0 Å². The number of nitrogens with two attached hydrogens (primary N) is 1. The summed E-state index contributed by atoms with van der Waals surface area (Å²) in [6.45, 7) is 1.41. The number of hydrogen-bond donors (Lipinski definition) is 2. The van der Waals surface area contributed by atoms with E-state index in [1.54, 1.807) is 18.2 Å². The number of anilines is 1. The highest BCUT2D eigenvalue weighted by Crippen LogP contribution is 2.07. The fraction of sp³-hybridized carbons (Fsp3) is 0.455. The number of aromatic nitrogens is 1. The van der Waals surface area contributed by atoms with Crippen LogP contribution in [0.25, 0.3) is 0 Å². The molecule has 1 aromatic rings. The third-order valence-electron chi connectivity index (χ3n) is 2.56. The molecule has 1 aliphatic heterocycles. The van der Waals surface area contributed by atoms with Crippen molar-refractivity contribution in [2.24, 2.45) is 0 Å². The first-order chi connectivity index (χ1) is 7.75. The summed E-state index contributed by atoms with van der Waals surface area (Å²) in [5.74, 6) is 0.193. The average Bonchev–Trinajstić information content (AvgIpc) is 2.30. The molecule has 1 aromatic heterocycles. The number of nitrogen functional groups attached to an aromatic ring is 1. The van der Waals surface area contributed by atoms with Crippen LogP contribution in [-0.4, -0.2) is 30.1 Å². The minimum Gasteiger partial charge on any atom is -0.384 e. The lowest BCUT2D eigenvalue weighted by molar-refractivity contribution is 0.0694. The normalized spacial score (nSPS) is 17.0. The third kappa shape index (κ3) is 2.70. The topological polar surface area (TPSA) is 77.2 Å². The molecule has 2 rings (SSSR count). The van der Waals surface area contributed by atoms with Crippen molar-refractivity contribution in [3.63, 3.8) is 0 Å². The van der Waals surface area contributed by atoms with Crippen molar-refractivity contribution >= 4 is 11.7 Å². The van der Waals surface area contributed by atoms with Gasteiger partial charge in [0.1, 0.15) is 11.5 Å². The number of nitrogens with zero attached hydrogens (tertiary/aromatic N) is 1. The summed E-state index contributed by atoms with van der Waals surface area (Å²) in [6.07, 6.45) is 1.71. The number of carbonyl (C=O) groups excluding carboxylic acids is 1. The van der Waals surface area contributed by atoms with Crippen molar-refractivity contribution in [3.8, 4) is 0 Å². The minimum atomic E-state index is -0.167. The zero-order chi connectivity index (χ0) is 11.4. The Hall–Kier alpha value is -1.62. The van der Waals surface area contributed by atoms with Gasteiger partial charge in [-0.1, -0.05) is 6.07 Å². The van der Waals surface area contributed by atoms with Gasteiger partial charge in [-0.05, 0) is 25.0 Å². The lowest BCUT2D eigenvalue weighted by Gasteiger charge is -2.22. The van der Waals surface area contributed by atoms with Gasteiger partial charge in [0, 0.05) is 19.3 Å². The standard InChI is InChI=1S/C11H15N3O2/c12-10-3-1-2-9(14-10)11(15)13-8-4-6-16-7-5-8/h1-3,8H,4-7H2,(H2,12,14)(H,13,15). The number of carbonyl (C=O) groups is 1. The maximum absolute atomic E-state index is 11.8. The van der Waals surface area contributed by atoms with Crippen LogP contribution in [0.5, 0.6) is 0 Å². The van der Waals surface area contributed by atoms with Crippen LogP contribution in [0.2, 0.25) is 0 Å². The average molecular weight is 221 g/mol. The summed E-state index contributed by atoms with van der Waals surface area (Å²) in [6, 6.07) is 5.22. The molecular weight excluding hydrogens is 206 g/mol. The molecule has 1 aliphatic rings. The highest BCUT2D eigenvalue weighted by atomic mass is 16.5. The molecule has 0 aromatic carbocycles. The van der Waals surface area contributed by atoms with Crippen LogP contribution in [0, 0.1) is 0 Å². The predicted molar refractivity (Wildman–Crippen MR) is 60.0 cm³/mol. The largest absolute Gasteiger partial charge is 0.384 e. The number of ether oxygens (including phenoxy) is 1. The smallest absolute Gasteiger partial charge is 0.270 e. The molecule has 0 atom stereocenters. The second-order valence-electron chi connectivity index (χ2n) is 3.81. The van der Waals surface area contributed by atoms with Gasteiger partial charge in [0.05, 0.1) is 0 Å². The summed E-state index contributed by atoms with van der Waals surface area (Å²) in [4.78, 5) is 15.8. The highest BCUT2D eigenvalue weighted by Gasteiger charge is 2.17. The van der Waals surface area contributed by atoms with Gasteiger partial charge in [-0.15, -0.1) is 0 Å². The van der Waals surface area contributed by atoms with E-state index in [0.717, 1.165) is 12.8 Å². The number of nitrogens with one attached hydrogen (secondary N) is 1. The maximum atomic E-state index is 11.8. The second-order valence-corrected chi connectivity index (χ2v) is 3.81. The van der Waals surface area contributed by atoms with E-state index in [0.29, 0.717) is 24.7 Å². The van der Waals surface area contributed by atoms with Gasteiger partial charge >= 0.3 is 0 Å². The summed E-state index contributed by atoms with van der Waals surface area (Å²) in [5, 5.41) is 2.93. The quantitative estimate of drug-likeness (QED) is 0.765. The van der Waals surface area contributed by atoms with Crippen molar-refractivity contribution in [3.05, 3.63) is 23.9 Å². The molecule has 5 nitrogen and oxygen atoms in total. The molecule has 0 saturated carbocycles. The second kappa shape index (κ2) is 4.94. The lowest BCUT2D eigenvalue weighted by atomic mass is 10.1. The Kier molecular flexibility index (Phi) is 3.36. The minimum absolute atomic E-state index is 0.167. The predicted octanol–water partition coefficient (Wildman–Crippen LogP) is 0.573. The van der Waals surface area contributed by atoms with Crippen molar-refractivity contribution in [1.29, 1.82) is 0 Å². The van der Waals surface area contributed by atoms with E-state index in [1.807, 2.05) is 0 Å². The van der Waals surface area contributed by atoms with Crippen molar-refractivity contribution in [1.82, 2.24) is 10.3 Å². The monoisotopic (exact) mass is 221 g/mol. The first kappa shape index (κ1) is 10.9. The molecule has 0 unspecified atom stereocenters. The van der Waals surface area contributed by atoms with Gasteiger partial charge in [-0.2, -0.15) is 0 Å². The van der Waals surface area contributed by atoms with Crippen molar-refractivity contribution in [2.45, 2.75) is 18.9 Å². The van der Waals surface area contributed by atoms with Gasteiger partial charge in [0.25, 0.3) is 5.91 Å². The zero-order valence-electron chi connectivity index (χ0n) is 8.98. The molecule has 0 aliphatic carbocycles. The maximum Gasteiger partial charge on any atom is 0.270 e. The van der Waals surface area contributed by atoms with E-state index in [2.05, 4.69) is 10.3 Å². The lowest BCUT2D eigenvalue weighted by Crippen LogP contribution is -2.39. The Morgan fingerprint density at radius 2 is 2.19 bits per heavy atom. The Labute approximate surface area is 94.0 Å². The molecule has 0 radical (unpaired) electrons. The Morgan fingerprint density at radius 3 is 2.88 bits per heavy atom. The van der Waals surface area contributed by atoms with Crippen LogP contribution in [0.1, 0.15) is 23.3 Å². The first-order valence-electron chi connectivity index (χ1n) is 5.37. The van der Waals surface area contributed by atoms with E-state index in [4.69, 9.17) is 10.5 Å². The Morgan fingerprint density at radius 1 is 1.44 bits per heavy atom. The zero-order valence-corrected chi connectivity index (χ0v) is 8.98. The number of rotatable bonds is 2. The molecule has 16 heavy (non-hydrogen) atoms. The van der Waals surface area contributed by atoms with Gasteiger partial charge < -0.3 is 15.8 Å². The number of amides is 1. The molecule has 1 fully saturated rings. The third-order valence-corrected chi connectivity index (χ3v) is 2.56. The fourth-order valence-corrected chi connectivity index (χ4v) is 1.68. The molecule has 3 N–H and O–H groups in total. The van der Waals surface area contributed by atoms with E-state index in [-0.39, 0.29) is 11.9 Å². The molecule has 1 amide bonds. The number of hydrogen-bond acceptors (Lipinski definition) is 4. The fourth-order valence-electron chi connectivity index (χ4n) is 1.68. The van der Waals surface area contributed by atoms with Crippen LogP contribution >= 0.6 is 0 Å². The van der Waals surface area contributed by atoms with Crippen molar-refractivity contribution < 1.29 is 9.53 Å². The molecular formula is C11H15N3O2. The Balaban J connectivity index is 1.97. The van der Waals surface area contributed by atoms with Crippen molar-refractivity contribution in [2.75, 3.05) is 18.9 Å². The molecule has 5 heteroatoms. The van der Waals surface area contributed by atoms with Crippen LogP contribution in [0.4, 0.5) is 5.82 Å². The molecule has 0 bridgehead atoms. The summed E-state index contributed by atoms with van der Waals surface area (Å²) in [7, 11) is 0. The summed E-state index contributed by atoms with van der Waals surface area (Å²) in [5.41, 5.74) is 5.89. The molecule has 86 valence electrons. The van der Waals surface area contributed by atoms with Gasteiger partial charge in [-0.3, -0.25) is 4.79 Å². The highest BCUT2D eigenvalue weighted by molar-refractivity contribution is 5.92. The van der Waals surface area contributed by atoms with E-state index >= 15 is 0 Å². The van der Waals surface area contributed by atoms with Gasteiger partial charge in [0.2, 0.25) is 0 Å². The van der Waals surface area contributed by atoms with Crippen LogP contribution in [0.3, 0.4) is 0 Å². The molecule has 0 spiro atoms. The number of pyridine rings is 1. The molecule has 2 heterocycles. The van der Waals surface area contributed by atoms with Crippen LogP contribution in [0.15, 0.2) is 18.2 Å². The first-order valence-corrected chi connectivity index (χ1v) is 5.37. The van der Waals surface area contributed by atoms with Crippen LogP contribution < -0.4 is 11.1 Å². The summed E-state index contributed by atoms with van der Waals surface area (Å²) >= 11 is 0. The molecule has 1 saturated heterocycles. The van der Waals surface area contributed by atoms with E-state index < -0.39 is 0 Å². The van der Waals surface area contributed by atoms with Gasteiger partial charge in [-0.25, -0.2) is 4.98 Å². The SMILES string of the molecule is Nc1cccc(C(=O)NC2CCOCC2)n1. The van der Waals surface area contributed by atoms with Crippen LogP contribution in [-0.2, 0) is 4.74 Å².